The van der Waals surface area contributed by atoms with Gasteiger partial charge >= 0.3 is 5.97 Å². The van der Waals surface area contributed by atoms with Crippen LogP contribution in [0.25, 0.3) is 0 Å². The molecule has 0 aliphatic carbocycles. The lowest BCUT2D eigenvalue weighted by Gasteiger charge is -2.54. The Labute approximate surface area is 128 Å². The fraction of sp³-hybridized carbons (Fsp3) is 0.941. The number of esters is 1. The number of ether oxygens (including phenoxy) is 1. The third-order valence-electron chi connectivity index (χ3n) is 5.71. The van der Waals surface area contributed by atoms with Crippen LogP contribution in [0.15, 0.2) is 0 Å². The predicted octanol–water partition coefficient (Wildman–Crippen LogP) is 2.18. The van der Waals surface area contributed by atoms with Gasteiger partial charge in [0.05, 0.1) is 6.61 Å². The Kier molecular flexibility index (Phi) is 5.17. The van der Waals surface area contributed by atoms with E-state index in [1.807, 2.05) is 6.92 Å². The van der Waals surface area contributed by atoms with E-state index in [4.69, 9.17) is 4.74 Å². The van der Waals surface area contributed by atoms with Gasteiger partial charge in [-0.15, -0.1) is 0 Å². The van der Waals surface area contributed by atoms with Gasteiger partial charge in [0.15, 0.2) is 0 Å². The van der Waals surface area contributed by atoms with E-state index in [1.165, 1.54) is 45.3 Å². The van der Waals surface area contributed by atoms with Gasteiger partial charge in [0, 0.05) is 18.5 Å². The zero-order valence-corrected chi connectivity index (χ0v) is 13.4. The van der Waals surface area contributed by atoms with E-state index in [0.29, 0.717) is 19.1 Å². The van der Waals surface area contributed by atoms with Crippen LogP contribution >= 0.6 is 0 Å². The van der Waals surface area contributed by atoms with Crippen molar-refractivity contribution in [3.8, 4) is 0 Å². The first-order chi connectivity index (χ1) is 10.3. The van der Waals surface area contributed by atoms with E-state index in [-0.39, 0.29) is 5.97 Å². The van der Waals surface area contributed by atoms with E-state index in [1.54, 1.807) is 0 Å². The van der Waals surface area contributed by atoms with E-state index in [0.717, 1.165) is 30.7 Å². The van der Waals surface area contributed by atoms with Crippen molar-refractivity contribution < 1.29 is 9.53 Å². The lowest BCUT2D eigenvalue weighted by Crippen LogP contribution is -2.63. The summed E-state index contributed by atoms with van der Waals surface area (Å²) in [5.41, 5.74) is 0. The number of rotatable bonds is 5. The predicted molar refractivity (Wildman–Crippen MR) is 83.1 cm³/mol. The highest BCUT2D eigenvalue weighted by Gasteiger charge is 2.45. The minimum absolute atomic E-state index is 0.0332. The Balaban J connectivity index is 1.53. The summed E-state index contributed by atoms with van der Waals surface area (Å²) in [4.78, 5) is 14.2. The van der Waals surface area contributed by atoms with E-state index >= 15 is 0 Å². The lowest BCUT2D eigenvalue weighted by molar-refractivity contribution is -0.143. The van der Waals surface area contributed by atoms with Gasteiger partial charge in [0.1, 0.15) is 0 Å². The Morgan fingerprint density at radius 1 is 1.29 bits per heavy atom. The smallest absolute Gasteiger partial charge is 0.305 e. The summed E-state index contributed by atoms with van der Waals surface area (Å²) >= 11 is 0. The third-order valence-corrected chi connectivity index (χ3v) is 5.71. The zero-order valence-electron chi connectivity index (χ0n) is 13.4. The summed E-state index contributed by atoms with van der Waals surface area (Å²) < 4.78 is 5.03. The molecule has 3 fully saturated rings. The van der Waals surface area contributed by atoms with Gasteiger partial charge in [-0.1, -0.05) is 0 Å². The fourth-order valence-electron chi connectivity index (χ4n) is 4.89. The van der Waals surface area contributed by atoms with Crippen molar-refractivity contribution in [1.29, 1.82) is 0 Å². The van der Waals surface area contributed by atoms with Gasteiger partial charge in [-0.3, -0.25) is 9.69 Å². The van der Waals surface area contributed by atoms with Crippen LogP contribution in [-0.4, -0.2) is 49.2 Å². The SMILES string of the molecule is CCOC(=O)CCC[C@@H]1NC[C@@H]2CCCN3CCC[C@H]1[C@H]23. The Morgan fingerprint density at radius 3 is 2.90 bits per heavy atom. The van der Waals surface area contributed by atoms with Gasteiger partial charge < -0.3 is 10.1 Å². The second-order valence-corrected chi connectivity index (χ2v) is 6.95. The summed E-state index contributed by atoms with van der Waals surface area (Å²) in [6.45, 7) is 6.18. The minimum atomic E-state index is -0.0332. The van der Waals surface area contributed by atoms with Crippen LogP contribution in [0.2, 0.25) is 0 Å². The highest BCUT2D eigenvalue weighted by molar-refractivity contribution is 5.69. The quantitative estimate of drug-likeness (QED) is 0.789. The van der Waals surface area contributed by atoms with Crippen molar-refractivity contribution in [2.45, 2.75) is 64.0 Å². The summed E-state index contributed by atoms with van der Waals surface area (Å²) in [5, 5.41) is 3.80. The van der Waals surface area contributed by atoms with Crippen molar-refractivity contribution in [2.24, 2.45) is 11.8 Å². The monoisotopic (exact) mass is 294 g/mol. The molecule has 3 aliphatic rings. The molecule has 120 valence electrons. The molecule has 3 saturated heterocycles. The van der Waals surface area contributed by atoms with Gasteiger partial charge in [0.25, 0.3) is 0 Å². The van der Waals surface area contributed by atoms with Crippen LogP contribution in [0.5, 0.6) is 0 Å². The van der Waals surface area contributed by atoms with Crippen molar-refractivity contribution in [2.75, 3.05) is 26.2 Å². The first-order valence-corrected chi connectivity index (χ1v) is 8.92. The van der Waals surface area contributed by atoms with E-state index < -0.39 is 0 Å². The summed E-state index contributed by atoms with van der Waals surface area (Å²) in [6, 6.07) is 1.43. The maximum Gasteiger partial charge on any atom is 0.305 e. The maximum atomic E-state index is 11.5. The third kappa shape index (κ3) is 3.42. The molecular formula is C17H30N2O2. The van der Waals surface area contributed by atoms with Crippen LogP contribution in [0.3, 0.4) is 0 Å². The molecular weight excluding hydrogens is 264 g/mol. The van der Waals surface area contributed by atoms with Gasteiger partial charge in [-0.05, 0) is 76.9 Å². The first kappa shape index (κ1) is 15.3. The summed E-state index contributed by atoms with van der Waals surface area (Å²) in [5.74, 6) is 1.64. The van der Waals surface area contributed by atoms with Gasteiger partial charge in [0.2, 0.25) is 0 Å². The number of nitrogens with zero attached hydrogens (tertiary/aromatic N) is 1. The summed E-state index contributed by atoms with van der Waals surface area (Å²) in [6.07, 6.45) is 8.17. The van der Waals surface area contributed by atoms with E-state index in [9.17, 15) is 4.79 Å². The largest absolute Gasteiger partial charge is 0.466 e. The van der Waals surface area contributed by atoms with Crippen molar-refractivity contribution in [1.82, 2.24) is 10.2 Å². The average molecular weight is 294 g/mol. The molecule has 3 aliphatic heterocycles. The second-order valence-electron chi connectivity index (χ2n) is 6.95. The number of piperidine rings is 3. The lowest BCUT2D eigenvalue weighted by atomic mass is 9.70. The van der Waals surface area contributed by atoms with Crippen LogP contribution in [0.4, 0.5) is 0 Å². The average Bonchev–Trinajstić information content (AvgIpc) is 2.50. The molecule has 3 heterocycles. The first-order valence-electron chi connectivity index (χ1n) is 8.92. The molecule has 0 aromatic heterocycles. The van der Waals surface area contributed by atoms with Crippen LogP contribution in [0, 0.1) is 11.8 Å². The molecule has 0 radical (unpaired) electrons. The maximum absolute atomic E-state index is 11.5. The highest BCUT2D eigenvalue weighted by atomic mass is 16.5. The molecule has 0 spiro atoms. The second kappa shape index (κ2) is 7.10. The van der Waals surface area contributed by atoms with E-state index in [2.05, 4.69) is 10.2 Å². The van der Waals surface area contributed by atoms with Crippen LogP contribution in [0.1, 0.15) is 51.9 Å². The minimum Gasteiger partial charge on any atom is -0.466 e. The Hall–Kier alpha value is -0.610. The molecule has 0 aromatic carbocycles. The Morgan fingerprint density at radius 2 is 2.10 bits per heavy atom. The number of nitrogens with one attached hydrogen (secondary N) is 1. The van der Waals surface area contributed by atoms with Crippen molar-refractivity contribution in [3.63, 3.8) is 0 Å². The van der Waals surface area contributed by atoms with Crippen molar-refractivity contribution >= 4 is 5.97 Å². The molecule has 21 heavy (non-hydrogen) atoms. The Bertz CT molecular complexity index is 352. The molecule has 4 heteroatoms. The molecule has 0 aromatic rings. The van der Waals surface area contributed by atoms with Gasteiger partial charge in [-0.25, -0.2) is 0 Å². The number of hydrogen-bond acceptors (Lipinski definition) is 4. The number of hydrogen-bond donors (Lipinski definition) is 1. The molecule has 0 unspecified atom stereocenters. The molecule has 0 bridgehead atoms. The fourth-order valence-corrected chi connectivity index (χ4v) is 4.89. The zero-order chi connectivity index (χ0) is 14.7. The molecule has 0 saturated carbocycles. The number of carbonyl (C=O) groups is 1. The molecule has 3 rings (SSSR count). The van der Waals surface area contributed by atoms with Gasteiger partial charge in [-0.2, -0.15) is 0 Å². The standard InChI is InChI=1S/C17H30N2O2/c1-2-21-16(20)9-3-8-15-14-7-5-11-19-10-4-6-13(12-18-15)17(14)19/h13-15,17-18H,2-12H2,1H3/t13-,14+,15-,17-/m0/s1. The molecule has 4 atom stereocenters. The normalized spacial score (nSPS) is 36.0. The molecule has 4 nitrogen and oxygen atoms in total. The topological polar surface area (TPSA) is 41.6 Å². The highest BCUT2D eigenvalue weighted by Crippen LogP contribution is 2.39. The van der Waals surface area contributed by atoms with Crippen LogP contribution < -0.4 is 5.32 Å². The number of carbonyl (C=O) groups excluding carboxylic acids is 1. The summed E-state index contributed by atoms with van der Waals surface area (Å²) in [7, 11) is 0. The molecule has 0 amide bonds. The van der Waals surface area contributed by atoms with Crippen LogP contribution in [-0.2, 0) is 9.53 Å². The van der Waals surface area contributed by atoms with Crippen molar-refractivity contribution in [3.05, 3.63) is 0 Å². The molecule has 1 N–H and O–H groups in total.